The number of anilines is 5. The third kappa shape index (κ3) is 6.19. The molecule has 10 nitrogen and oxygen atoms in total. The topological polar surface area (TPSA) is 122 Å². The molecule has 2 aromatic heterocycles. The van der Waals surface area contributed by atoms with Crippen molar-refractivity contribution in [3.05, 3.63) is 60.3 Å². The SMILES string of the molecule is CN(c1ccnc(Nc2cccc(CS(C)(=O)=O)c2)n1)c1cccc2c1nc(NC(=O)C1CCCCC1)n2C. The molecule has 2 N–H and O–H groups in total. The smallest absolute Gasteiger partial charge is 0.229 e. The molecule has 4 aromatic rings. The van der Waals surface area contributed by atoms with E-state index in [1.54, 1.807) is 30.5 Å². The fourth-order valence-electron chi connectivity index (χ4n) is 5.05. The molecule has 0 unspecified atom stereocenters. The van der Waals surface area contributed by atoms with E-state index in [9.17, 15) is 13.2 Å². The van der Waals surface area contributed by atoms with Gasteiger partial charge in [-0.1, -0.05) is 37.5 Å². The monoisotopic (exact) mass is 547 g/mol. The van der Waals surface area contributed by atoms with Gasteiger partial charge in [0.05, 0.1) is 17.0 Å². The average Bonchev–Trinajstić information content (AvgIpc) is 3.23. The van der Waals surface area contributed by atoms with Crippen molar-refractivity contribution in [1.82, 2.24) is 19.5 Å². The molecule has 1 saturated carbocycles. The lowest BCUT2D eigenvalue weighted by Crippen LogP contribution is -2.26. The number of amides is 1. The third-order valence-electron chi connectivity index (χ3n) is 7.06. The zero-order valence-electron chi connectivity index (χ0n) is 22.4. The lowest BCUT2D eigenvalue weighted by Gasteiger charge is -2.20. The lowest BCUT2D eigenvalue weighted by molar-refractivity contribution is -0.120. The summed E-state index contributed by atoms with van der Waals surface area (Å²) in [5.41, 5.74) is 3.86. The molecule has 1 aliphatic rings. The summed E-state index contributed by atoms with van der Waals surface area (Å²) >= 11 is 0. The Hall–Kier alpha value is -3.99. The van der Waals surface area contributed by atoms with Crippen molar-refractivity contribution >= 4 is 55.9 Å². The number of carbonyl (C=O) groups is 1. The molecular formula is C28H33N7O3S. The predicted molar refractivity (Wildman–Crippen MR) is 154 cm³/mol. The number of nitrogens with one attached hydrogen (secondary N) is 2. The second-order valence-electron chi connectivity index (χ2n) is 10.2. The van der Waals surface area contributed by atoms with Gasteiger partial charge in [-0.05, 0) is 48.7 Å². The second-order valence-corrected chi connectivity index (χ2v) is 12.3. The van der Waals surface area contributed by atoms with Crippen molar-refractivity contribution in [3.8, 4) is 0 Å². The summed E-state index contributed by atoms with van der Waals surface area (Å²) in [6, 6.07) is 14.9. The minimum absolute atomic E-state index is 0.0372. The Morgan fingerprint density at radius 2 is 1.85 bits per heavy atom. The van der Waals surface area contributed by atoms with Gasteiger partial charge in [-0.2, -0.15) is 4.98 Å². The summed E-state index contributed by atoms with van der Waals surface area (Å²) in [5.74, 6) is 1.59. The van der Waals surface area contributed by atoms with Gasteiger partial charge in [0.2, 0.25) is 17.8 Å². The van der Waals surface area contributed by atoms with E-state index in [1.807, 2.05) is 47.8 Å². The first-order valence-electron chi connectivity index (χ1n) is 13.0. The molecule has 5 rings (SSSR count). The van der Waals surface area contributed by atoms with E-state index >= 15 is 0 Å². The molecule has 0 spiro atoms. The van der Waals surface area contributed by atoms with Crippen molar-refractivity contribution in [1.29, 1.82) is 0 Å². The summed E-state index contributed by atoms with van der Waals surface area (Å²) in [4.78, 5) is 28.6. The van der Waals surface area contributed by atoms with Crippen LogP contribution in [-0.2, 0) is 27.4 Å². The minimum atomic E-state index is -3.14. The molecule has 0 saturated heterocycles. The van der Waals surface area contributed by atoms with E-state index in [1.165, 1.54) is 12.7 Å². The molecule has 11 heteroatoms. The van der Waals surface area contributed by atoms with E-state index in [0.717, 1.165) is 42.4 Å². The maximum absolute atomic E-state index is 12.9. The number of imidazole rings is 1. The van der Waals surface area contributed by atoms with Crippen LogP contribution >= 0.6 is 0 Å². The number of hydrogen-bond acceptors (Lipinski definition) is 8. The summed E-state index contributed by atoms with van der Waals surface area (Å²) in [7, 11) is 0.664. The van der Waals surface area contributed by atoms with Crippen LogP contribution in [0.4, 0.5) is 29.1 Å². The van der Waals surface area contributed by atoms with Crippen LogP contribution in [0.15, 0.2) is 54.7 Å². The Balaban J connectivity index is 1.38. The number of nitrogens with zero attached hydrogens (tertiary/aromatic N) is 5. The number of carbonyl (C=O) groups excluding carboxylic acids is 1. The van der Waals surface area contributed by atoms with Gasteiger partial charge >= 0.3 is 0 Å². The number of sulfone groups is 1. The summed E-state index contributed by atoms with van der Waals surface area (Å²) in [6.45, 7) is 0. The number of rotatable bonds is 8. The van der Waals surface area contributed by atoms with Crippen molar-refractivity contribution in [3.63, 3.8) is 0 Å². The van der Waals surface area contributed by atoms with E-state index in [0.29, 0.717) is 29.0 Å². The molecule has 0 aliphatic heterocycles. The largest absolute Gasteiger partial charge is 0.327 e. The highest BCUT2D eigenvalue weighted by Crippen LogP contribution is 2.32. The highest BCUT2D eigenvalue weighted by molar-refractivity contribution is 7.89. The van der Waals surface area contributed by atoms with Gasteiger partial charge in [0.1, 0.15) is 11.3 Å². The minimum Gasteiger partial charge on any atom is -0.327 e. The van der Waals surface area contributed by atoms with Crippen LogP contribution in [0.25, 0.3) is 11.0 Å². The van der Waals surface area contributed by atoms with E-state index in [-0.39, 0.29) is 17.6 Å². The molecule has 39 heavy (non-hydrogen) atoms. The standard InChI is InChI=1S/C28H33N7O3S/c1-34(24-15-16-29-27(31-24)30-21-12-7-9-19(17-21)18-39(3,37)38)22-13-8-14-23-25(22)32-28(35(23)2)33-26(36)20-10-5-4-6-11-20/h7-9,12-17,20H,4-6,10-11,18H2,1-3H3,(H,29,30,31)(H,32,33,36). The molecule has 0 atom stereocenters. The number of para-hydroxylation sites is 1. The quantitative estimate of drug-likeness (QED) is 0.318. The second kappa shape index (κ2) is 11.0. The molecule has 0 bridgehead atoms. The van der Waals surface area contributed by atoms with Gasteiger partial charge in [0.15, 0.2) is 9.84 Å². The zero-order valence-corrected chi connectivity index (χ0v) is 23.2. The van der Waals surface area contributed by atoms with Crippen molar-refractivity contribution in [2.45, 2.75) is 37.9 Å². The van der Waals surface area contributed by atoms with Gasteiger partial charge in [-0.25, -0.2) is 18.4 Å². The van der Waals surface area contributed by atoms with Crippen LogP contribution < -0.4 is 15.5 Å². The van der Waals surface area contributed by atoms with Gasteiger partial charge < -0.3 is 14.8 Å². The molecule has 1 fully saturated rings. The Kier molecular flexibility index (Phi) is 7.51. The molecule has 1 aliphatic carbocycles. The highest BCUT2D eigenvalue weighted by atomic mass is 32.2. The fraction of sp³-hybridized carbons (Fsp3) is 0.357. The summed E-state index contributed by atoms with van der Waals surface area (Å²) in [5, 5.41) is 6.22. The average molecular weight is 548 g/mol. The van der Waals surface area contributed by atoms with Crippen molar-refractivity contribution < 1.29 is 13.2 Å². The van der Waals surface area contributed by atoms with Crippen LogP contribution in [0, 0.1) is 5.92 Å². The van der Waals surface area contributed by atoms with Gasteiger partial charge in [-0.3, -0.25) is 10.1 Å². The normalized spacial score (nSPS) is 14.3. The van der Waals surface area contributed by atoms with E-state index in [4.69, 9.17) is 4.98 Å². The fourth-order valence-corrected chi connectivity index (χ4v) is 5.83. The Morgan fingerprint density at radius 3 is 2.62 bits per heavy atom. The Labute approximate surface area is 228 Å². The molecule has 0 radical (unpaired) electrons. The first-order valence-corrected chi connectivity index (χ1v) is 15.1. The molecule has 204 valence electrons. The number of aromatic nitrogens is 4. The number of aryl methyl sites for hydroxylation is 1. The zero-order chi connectivity index (χ0) is 27.6. The lowest BCUT2D eigenvalue weighted by atomic mass is 9.89. The number of fused-ring (bicyclic) bond motifs is 1. The van der Waals surface area contributed by atoms with E-state index in [2.05, 4.69) is 20.6 Å². The number of benzene rings is 2. The maximum Gasteiger partial charge on any atom is 0.229 e. The number of hydrogen-bond donors (Lipinski definition) is 2. The van der Waals surface area contributed by atoms with Gasteiger partial charge in [0.25, 0.3) is 0 Å². The molecule has 2 aromatic carbocycles. The van der Waals surface area contributed by atoms with Crippen LogP contribution in [0.2, 0.25) is 0 Å². The predicted octanol–water partition coefficient (Wildman–Crippen LogP) is 4.94. The van der Waals surface area contributed by atoms with Gasteiger partial charge in [0, 0.05) is 38.2 Å². The Bertz CT molecular complexity index is 1610. The third-order valence-corrected chi connectivity index (χ3v) is 7.92. The maximum atomic E-state index is 12.9. The van der Waals surface area contributed by atoms with Crippen LogP contribution in [-0.4, -0.2) is 47.1 Å². The summed E-state index contributed by atoms with van der Waals surface area (Å²) in [6.07, 6.45) is 8.11. The first-order chi connectivity index (χ1) is 18.7. The van der Waals surface area contributed by atoms with Gasteiger partial charge in [-0.15, -0.1) is 0 Å². The summed E-state index contributed by atoms with van der Waals surface area (Å²) < 4.78 is 25.3. The van der Waals surface area contributed by atoms with Crippen LogP contribution in [0.1, 0.15) is 37.7 Å². The first kappa shape index (κ1) is 26.6. The molecule has 2 heterocycles. The van der Waals surface area contributed by atoms with Crippen LogP contribution in [0.5, 0.6) is 0 Å². The van der Waals surface area contributed by atoms with Crippen molar-refractivity contribution in [2.24, 2.45) is 13.0 Å². The Morgan fingerprint density at radius 1 is 1.08 bits per heavy atom. The van der Waals surface area contributed by atoms with Crippen LogP contribution in [0.3, 0.4) is 0 Å². The molecular weight excluding hydrogens is 514 g/mol. The van der Waals surface area contributed by atoms with E-state index < -0.39 is 9.84 Å². The molecule has 1 amide bonds. The highest BCUT2D eigenvalue weighted by Gasteiger charge is 2.23. The van der Waals surface area contributed by atoms with Crippen molar-refractivity contribution in [2.75, 3.05) is 28.8 Å².